The van der Waals surface area contributed by atoms with E-state index >= 15 is 0 Å². The summed E-state index contributed by atoms with van der Waals surface area (Å²) in [4.78, 5) is 10.7. The van der Waals surface area contributed by atoms with Crippen molar-refractivity contribution in [1.29, 1.82) is 0 Å². The van der Waals surface area contributed by atoms with Crippen LogP contribution in [0.1, 0.15) is 93.1 Å². The summed E-state index contributed by atoms with van der Waals surface area (Å²) in [6.07, 6.45) is 5.74. The van der Waals surface area contributed by atoms with Gasteiger partial charge >= 0.3 is 0 Å². The van der Waals surface area contributed by atoms with Gasteiger partial charge in [-0.05, 0) is 31.4 Å². The van der Waals surface area contributed by atoms with Gasteiger partial charge in [0.1, 0.15) is 11.5 Å². The fourth-order valence-corrected chi connectivity index (χ4v) is 1.60. The number of aryl methyl sites for hydroxylation is 1. The number of ether oxygens (including phenoxy) is 1. The SMILES string of the molecule is CC(C)C.CCC(=O)C(C)CC.CCCCC.COc1ccc(C)cc1. The van der Waals surface area contributed by atoms with Crippen molar-refractivity contribution in [3.05, 3.63) is 29.8 Å². The Morgan fingerprint density at radius 1 is 0.923 bits per heavy atom. The van der Waals surface area contributed by atoms with Crippen molar-refractivity contribution in [3.8, 4) is 5.75 Å². The molecule has 0 aliphatic carbocycles. The molecule has 0 saturated carbocycles. The van der Waals surface area contributed by atoms with Crippen LogP contribution >= 0.6 is 0 Å². The third-order valence-corrected chi connectivity index (χ3v) is 3.47. The molecule has 0 heterocycles. The minimum absolute atomic E-state index is 0.278. The van der Waals surface area contributed by atoms with Crippen LogP contribution in [0.3, 0.4) is 0 Å². The lowest BCUT2D eigenvalue weighted by Crippen LogP contribution is -2.06. The molecule has 2 nitrogen and oxygen atoms in total. The third kappa shape index (κ3) is 24.9. The van der Waals surface area contributed by atoms with E-state index in [1.807, 2.05) is 45.0 Å². The molecule has 0 bridgehead atoms. The molecule has 0 spiro atoms. The predicted octanol–water partition coefficient (Wildman–Crippen LogP) is 7.87. The van der Waals surface area contributed by atoms with Gasteiger partial charge in [-0.3, -0.25) is 4.79 Å². The summed E-state index contributed by atoms with van der Waals surface area (Å²) in [7, 11) is 1.67. The van der Waals surface area contributed by atoms with Crippen LogP contribution < -0.4 is 4.74 Å². The highest BCUT2D eigenvalue weighted by Crippen LogP contribution is 2.09. The van der Waals surface area contributed by atoms with Crippen molar-refractivity contribution in [3.63, 3.8) is 0 Å². The lowest BCUT2D eigenvalue weighted by atomic mass is 10.0. The summed E-state index contributed by atoms with van der Waals surface area (Å²) in [6, 6.07) is 7.96. The molecular formula is C24H46O2. The van der Waals surface area contributed by atoms with Gasteiger partial charge in [0.05, 0.1) is 7.11 Å². The van der Waals surface area contributed by atoms with Crippen LogP contribution in [-0.4, -0.2) is 12.9 Å². The van der Waals surface area contributed by atoms with E-state index in [9.17, 15) is 4.79 Å². The van der Waals surface area contributed by atoms with Crippen molar-refractivity contribution in [2.45, 2.75) is 94.4 Å². The first kappa shape index (κ1) is 29.5. The van der Waals surface area contributed by atoms with E-state index in [0.29, 0.717) is 12.2 Å². The molecule has 154 valence electrons. The minimum atomic E-state index is 0.278. The Hall–Kier alpha value is -1.31. The zero-order valence-electron chi connectivity index (χ0n) is 19.3. The lowest BCUT2D eigenvalue weighted by molar-refractivity contribution is -0.122. The van der Waals surface area contributed by atoms with Gasteiger partial charge in [-0.15, -0.1) is 0 Å². The van der Waals surface area contributed by atoms with E-state index < -0.39 is 0 Å². The molecule has 0 radical (unpaired) electrons. The van der Waals surface area contributed by atoms with E-state index in [0.717, 1.165) is 18.1 Å². The molecule has 0 N–H and O–H groups in total. The van der Waals surface area contributed by atoms with E-state index in [4.69, 9.17) is 4.74 Å². The standard InChI is InChI=1S/C8H10O.C7H14O.C5H12.C4H10/c1-7-3-5-8(9-2)6-4-7;1-4-6(3)7(8)5-2;1-3-5-4-2;1-4(2)3/h3-6H,1-2H3;6H,4-5H2,1-3H3;3-5H2,1-2H3;4H,1-3H3. The van der Waals surface area contributed by atoms with Gasteiger partial charge in [0.2, 0.25) is 0 Å². The highest BCUT2D eigenvalue weighted by Gasteiger charge is 2.05. The Morgan fingerprint density at radius 2 is 1.35 bits per heavy atom. The van der Waals surface area contributed by atoms with Crippen LogP contribution in [0.25, 0.3) is 0 Å². The number of carbonyl (C=O) groups is 1. The smallest absolute Gasteiger partial charge is 0.135 e. The molecule has 0 fully saturated rings. The van der Waals surface area contributed by atoms with E-state index in [1.54, 1.807) is 7.11 Å². The van der Waals surface area contributed by atoms with Crippen LogP contribution in [0.15, 0.2) is 24.3 Å². The molecule has 0 aliphatic heterocycles. The van der Waals surface area contributed by atoms with Gasteiger partial charge < -0.3 is 4.74 Å². The van der Waals surface area contributed by atoms with Crippen LogP contribution in [0.2, 0.25) is 0 Å². The van der Waals surface area contributed by atoms with Crippen LogP contribution in [0, 0.1) is 18.8 Å². The van der Waals surface area contributed by atoms with E-state index in [-0.39, 0.29) is 5.92 Å². The maximum atomic E-state index is 10.7. The maximum Gasteiger partial charge on any atom is 0.135 e. The second-order valence-corrected chi connectivity index (χ2v) is 7.23. The van der Waals surface area contributed by atoms with Crippen molar-refractivity contribution >= 4 is 5.78 Å². The second-order valence-electron chi connectivity index (χ2n) is 7.23. The van der Waals surface area contributed by atoms with Crippen molar-refractivity contribution < 1.29 is 9.53 Å². The first-order valence-electron chi connectivity index (χ1n) is 10.3. The Bertz CT molecular complexity index is 388. The first-order valence-corrected chi connectivity index (χ1v) is 10.3. The fourth-order valence-electron chi connectivity index (χ4n) is 1.60. The first-order chi connectivity index (χ1) is 12.2. The molecule has 1 aromatic rings. The number of methoxy groups -OCH3 is 1. The molecular weight excluding hydrogens is 320 g/mol. The van der Waals surface area contributed by atoms with Gasteiger partial charge in [0, 0.05) is 12.3 Å². The quantitative estimate of drug-likeness (QED) is 0.512. The molecule has 1 rings (SSSR count). The van der Waals surface area contributed by atoms with Gasteiger partial charge in [-0.25, -0.2) is 0 Å². The Labute approximate surface area is 164 Å². The third-order valence-electron chi connectivity index (χ3n) is 3.47. The summed E-state index contributed by atoms with van der Waals surface area (Å²) in [5, 5.41) is 0. The van der Waals surface area contributed by atoms with Crippen LogP contribution in [0.5, 0.6) is 5.75 Å². The largest absolute Gasteiger partial charge is 0.497 e. The zero-order valence-corrected chi connectivity index (χ0v) is 19.3. The Morgan fingerprint density at radius 3 is 1.54 bits per heavy atom. The monoisotopic (exact) mass is 366 g/mol. The lowest BCUT2D eigenvalue weighted by Gasteiger charge is -2.02. The number of benzene rings is 1. The highest BCUT2D eigenvalue weighted by molar-refractivity contribution is 5.80. The summed E-state index contributed by atoms with van der Waals surface area (Å²) in [5.41, 5.74) is 1.26. The number of carbonyl (C=O) groups excluding carboxylic acids is 1. The van der Waals surface area contributed by atoms with Crippen LogP contribution in [0.4, 0.5) is 0 Å². The van der Waals surface area contributed by atoms with E-state index in [2.05, 4.69) is 41.5 Å². The molecule has 1 atom stereocenters. The van der Waals surface area contributed by atoms with Crippen molar-refractivity contribution in [2.24, 2.45) is 11.8 Å². The van der Waals surface area contributed by atoms with Gasteiger partial charge in [0.25, 0.3) is 0 Å². The van der Waals surface area contributed by atoms with Gasteiger partial charge in [-0.1, -0.05) is 92.3 Å². The Balaban J connectivity index is -0.000000286. The number of ketones is 1. The molecule has 1 aromatic carbocycles. The topological polar surface area (TPSA) is 26.3 Å². The average Bonchev–Trinajstić information content (AvgIpc) is 2.62. The average molecular weight is 367 g/mol. The Kier molecular flexibility index (Phi) is 24.6. The number of unbranched alkanes of at least 4 members (excludes halogenated alkanes) is 2. The zero-order chi connectivity index (χ0) is 21.0. The normalized spacial score (nSPS) is 10.3. The maximum absolute atomic E-state index is 10.7. The highest BCUT2D eigenvalue weighted by atomic mass is 16.5. The molecule has 1 unspecified atom stereocenters. The number of hydrogen-bond donors (Lipinski definition) is 0. The molecule has 0 amide bonds. The number of rotatable bonds is 6. The molecule has 0 aromatic heterocycles. The molecule has 0 aliphatic rings. The van der Waals surface area contributed by atoms with Gasteiger partial charge in [-0.2, -0.15) is 0 Å². The predicted molar refractivity (Wildman–Crippen MR) is 118 cm³/mol. The number of Topliss-reactive ketones (excluding diaryl/α,β-unsaturated/α-hetero) is 1. The molecule has 2 heteroatoms. The van der Waals surface area contributed by atoms with Crippen molar-refractivity contribution in [2.75, 3.05) is 7.11 Å². The summed E-state index contributed by atoms with van der Waals surface area (Å²) >= 11 is 0. The molecule has 26 heavy (non-hydrogen) atoms. The van der Waals surface area contributed by atoms with Crippen LogP contribution in [-0.2, 0) is 4.79 Å². The second kappa shape index (κ2) is 21.7. The van der Waals surface area contributed by atoms with Gasteiger partial charge in [0.15, 0.2) is 0 Å². The summed E-state index contributed by atoms with van der Waals surface area (Å²) < 4.78 is 4.97. The number of hydrogen-bond acceptors (Lipinski definition) is 2. The minimum Gasteiger partial charge on any atom is -0.497 e. The fraction of sp³-hybridized carbons (Fsp3) is 0.708. The molecule has 0 saturated heterocycles. The summed E-state index contributed by atoms with van der Waals surface area (Å²) in [5.74, 6) is 2.41. The van der Waals surface area contributed by atoms with E-state index in [1.165, 1.54) is 24.8 Å². The van der Waals surface area contributed by atoms with Crippen molar-refractivity contribution in [1.82, 2.24) is 0 Å². The summed E-state index contributed by atoms with van der Waals surface area (Å²) in [6.45, 7) is 18.9.